The first kappa shape index (κ1) is 20.7. The molecule has 4 aromatic rings. The van der Waals surface area contributed by atoms with Gasteiger partial charge in [0.2, 0.25) is 5.95 Å². The lowest BCUT2D eigenvalue weighted by atomic mass is 9.91. The van der Waals surface area contributed by atoms with Crippen LogP contribution in [0, 0.1) is 12.8 Å². The number of rotatable bonds is 7. The third kappa shape index (κ3) is 4.48. The molecule has 1 amide bonds. The van der Waals surface area contributed by atoms with Gasteiger partial charge in [0.25, 0.3) is 5.91 Å². The fourth-order valence-electron chi connectivity index (χ4n) is 4.05. The van der Waals surface area contributed by atoms with E-state index in [-0.39, 0.29) is 11.8 Å². The highest BCUT2D eigenvalue weighted by atomic mass is 16.1. The minimum Gasteiger partial charge on any atom is -0.351 e. The van der Waals surface area contributed by atoms with E-state index in [2.05, 4.69) is 40.2 Å². The standard InChI is InChI=1S/C25H27N5O/c1-17(2)13-20(19-8-5-10-26-14-19)15-29-24(31)21-16-30(25-27-11-6-12-28-25)22-9-4-7-18(3)23(21)22/h4-12,14,16-17,20H,13,15H2,1-3H3,(H,29,31). The van der Waals surface area contributed by atoms with Crippen LogP contribution >= 0.6 is 0 Å². The molecule has 1 aromatic carbocycles. The molecule has 158 valence electrons. The number of fused-ring (bicyclic) bond motifs is 1. The smallest absolute Gasteiger partial charge is 0.253 e. The van der Waals surface area contributed by atoms with Gasteiger partial charge in [-0.1, -0.05) is 32.0 Å². The molecule has 3 aromatic heterocycles. The van der Waals surface area contributed by atoms with Crippen molar-refractivity contribution in [1.29, 1.82) is 0 Å². The number of hydrogen-bond donors (Lipinski definition) is 1. The Morgan fingerprint density at radius 2 is 1.87 bits per heavy atom. The quantitative estimate of drug-likeness (QED) is 0.477. The van der Waals surface area contributed by atoms with Gasteiger partial charge in [-0.15, -0.1) is 0 Å². The van der Waals surface area contributed by atoms with E-state index in [0.717, 1.165) is 28.5 Å². The van der Waals surface area contributed by atoms with Crippen LogP contribution in [0.1, 0.15) is 47.7 Å². The Labute approximate surface area is 182 Å². The molecule has 3 heterocycles. The average molecular weight is 414 g/mol. The van der Waals surface area contributed by atoms with Crippen molar-refractivity contribution < 1.29 is 4.79 Å². The highest BCUT2D eigenvalue weighted by molar-refractivity contribution is 6.08. The Kier molecular flexibility index (Phi) is 6.07. The lowest BCUT2D eigenvalue weighted by Crippen LogP contribution is -2.29. The number of nitrogens with zero attached hydrogens (tertiary/aromatic N) is 4. The molecule has 0 saturated heterocycles. The van der Waals surface area contributed by atoms with Gasteiger partial charge in [0.05, 0.1) is 11.1 Å². The average Bonchev–Trinajstić information content (AvgIpc) is 3.18. The Bertz CT molecular complexity index is 1170. The summed E-state index contributed by atoms with van der Waals surface area (Å²) in [4.78, 5) is 26.3. The second-order valence-corrected chi connectivity index (χ2v) is 8.25. The first-order valence-corrected chi connectivity index (χ1v) is 10.6. The molecule has 6 nitrogen and oxygen atoms in total. The zero-order valence-electron chi connectivity index (χ0n) is 18.1. The summed E-state index contributed by atoms with van der Waals surface area (Å²) in [7, 11) is 0. The van der Waals surface area contributed by atoms with Crippen LogP contribution in [0.15, 0.2) is 67.4 Å². The molecule has 0 saturated carbocycles. The Morgan fingerprint density at radius 3 is 2.58 bits per heavy atom. The van der Waals surface area contributed by atoms with Crippen molar-refractivity contribution >= 4 is 16.8 Å². The normalized spacial score (nSPS) is 12.3. The molecule has 1 N–H and O–H groups in total. The van der Waals surface area contributed by atoms with Crippen molar-refractivity contribution in [3.63, 3.8) is 0 Å². The van der Waals surface area contributed by atoms with E-state index in [1.165, 1.54) is 0 Å². The Morgan fingerprint density at radius 1 is 1.06 bits per heavy atom. The molecule has 0 aliphatic carbocycles. The topological polar surface area (TPSA) is 72.7 Å². The van der Waals surface area contributed by atoms with Crippen LogP contribution in [0.4, 0.5) is 0 Å². The van der Waals surface area contributed by atoms with Crippen molar-refractivity contribution in [2.75, 3.05) is 6.54 Å². The number of aromatic nitrogens is 4. The van der Waals surface area contributed by atoms with E-state index >= 15 is 0 Å². The maximum atomic E-state index is 13.3. The summed E-state index contributed by atoms with van der Waals surface area (Å²) in [5, 5.41) is 4.09. The molecular weight excluding hydrogens is 386 g/mol. The fraction of sp³-hybridized carbons (Fsp3) is 0.280. The highest BCUT2D eigenvalue weighted by Gasteiger charge is 2.20. The fourth-order valence-corrected chi connectivity index (χ4v) is 4.05. The van der Waals surface area contributed by atoms with Crippen molar-refractivity contribution in [3.05, 3.63) is 84.1 Å². The maximum Gasteiger partial charge on any atom is 0.253 e. The Balaban J connectivity index is 1.65. The number of hydrogen-bond acceptors (Lipinski definition) is 4. The predicted octanol–water partition coefficient (Wildman–Crippen LogP) is 4.68. The molecule has 0 aliphatic heterocycles. The van der Waals surface area contributed by atoms with Crippen LogP contribution in [0.5, 0.6) is 0 Å². The first-order chi connectivity index (χ1) is 15.0. The van der Waals surface area contributed by atoms with E-state index in [1.807, 2.05) is 48.1 Å². The van der Waals surface area contributed by atoms with Crippen molar-refractivity contribution in [1.82, 2.24) is 24.8 Å². The monoisotopic (exact) mass is 413 g/mol. The minimum atomic E-state index is -0.0911. The highest BCUT2D eigenvalue weighted by Crippen LogP contribution is 2.27. The summed E-state index contributed by atoms with van der Waals surface area (Å²) >= 11 is 0. The number of carbonyl (C=O) groups is 1. The molecule has 31 heavy (non-hydrogen) atoms. The van der Waals surface area contributed by atoms with Gasteiger partial charge in [0.1, 0.15) is 0 Å². The molecule has 1 atom stereocenters. The molecular formula is C25H27N5O. The van der Waals surface area contributed by atoms with Crippen LogP contribution in [0.25, 0.3) is 16.9 Å². The van der Waals surface area contributed by atoms with Crippen molar-refractivity contribution in [2.24, 2.45) is 5.92 Å². The van der Waals surface area contributed by atoms with Gasteiger partial charge in [-0.3, -0.25) is 14.3 Å². The molecule has 0 radical (unpaired) electrons. The maximum absolute atomic E-state index is 13.3. The summed E-state index contributed by atoms with van der Waals surface area (Å²) in [5.41, 5.74) is 3.74. The van der Waals surface area contributed by atoms with Gasteiger partial charge in [0, 0.05) is 48.8 Å². The second-order valence-electron chi connectivity index (χ2n) is 8.25. The van der Waals surface area contributed by atoms with Gasteiger partial charge < -0.3 is 5.32 Å². The predicted molar refractivity (Wildman–Crippen MR) is 122 cm³/mol. The first-order valence-electron chi connectivity index (χ1n) is 10.6. The number of nitrogens with one attached hydrogen (secondary N) is 1. The van der Waals surface area contributed by atoms with E-state index < -0.39 is 0 Å². The zero-order chi connectivity index (χ0) is 21.8. The lowest BCUT2D eigenvalue weighted by molar-refractivity contribution is 0.0951. The van der Waals surface area contributed by atoms with E-state index in [1.54, 1.807) is 24.7 Å². The molecule has 1 unspecified atom stereocenters. The van der Waals surface area contributed by atoms with Crippen molar-refractivity contribution in [2.45, 2.75) is 33.1 Å². The third-order valence-corrected chi connectivity index (χ3v) is 5.47. The molecule has 0 spiro atoms. The second kappa shape index (κ2) is 9.08. The third-order valence-electron chi connectivity index (χ3n) is 5.47. The van der Waals surface area contributed by atoms with Crippen molar-refractivity contribution in [3.8, 4) is 5.95 Å². The summed E-state index contributed by atoms with van der Waals surface area (Å²) in [6, 6.07) is 11.8. The largest absolute Gasteiger partial charge is 0.351 e. The molecule has 4 rings (SSSR count). The number of pyridine rings is 1. The number of aryl methyl sites for hydroxylation is 1. The van der Waals surface area contributed by atoms with E-state index in [4.69, 9.17) is 0 Å². The molecule has 0 aliphatic rings. The SMILES string of the molecule is Cc1cccc2c1c(C(=O)NCC(CC(C)C)c1cccnc1)cn2-c1ncccn1. The number of benzene rings is 1. The number of amides is 1. The molecule has 0 bridgehead atoms. The zero-order valence-corrected chi connectivity index (χ0v) is 18.1. The molecule has 0 fully saturated rings. The van der Waals surface area contributed by atoms with E-state index in [9.17, 15) is 4.79 Å². The van der Waals surface area contributed by atoms with E-state index in [0.29, 0.717) is 24.0 Å². The van der Waals surface area contributed by atoms with Gasteiger partial charge in [-0.2, -0.15) is 0 Å². The van der Waals surface area contributed by atoms with Crippen LogP contribution in [-0.2, 0) is 0 Å². The summed E-state index contributed by atoms with van der Waals surface area (Å²) in [6.07, 6.45) is 9.89. The van der Waals surface area contributed by atoms with Gasteiger partial charge in [0.15, 0.2) is 0 Å². The summed E-state index contributed by atoms with van der Waals surface area (Å²) in [6.45, 7) is 6.97. The molecule has 6 heteroatoms. The van der Waals surface area contributed by atoms with Crippen LogP contribution in [-0.4, -0.2) is 32.0 Å². The lowest BCUT2D eigenvalue weighted by Gasteiger charge is -2.19. The number of carbonyl (C=O) groups excluding carboxylic acids is 1. The van der Waals surface area contributed by atoms with Gasteiger partial charge in [-0.05, 0) is 48.6 Å². The van der Waals surface area contributed by atoms with Crippen LogP contribution in [0.3, 0.4) is 0 Å². The summed E-state index contributed by atoms with van der Waals surface area (Å²) in [5.74, 6) is 1.18. The van der Waals surface area contributed by atoms with Crippen LogP contribution in [0.2, 0.25) is 0 Å². The van der Waals surface area contributed by atoms with Crippen LogP contribution < -0.4 is 5.32 Å². The summed E-state index contributed by atoms with van der Waals surface area (Å²) < 4.78 is 1.88. The minimum absolute atomic E-state index is 0.0911. The van der Waals surface area contributed by atoms with Gasteiger partial charge >= 0.3 is 0 Å². The van der Waals surface area contributed by atoms with Gasteiger partial charge in [-0.25, -0.2) is 9.97 Å². The Hall–Kier alpha value is -3.54.